The van der Waals surface area contributed by atoms with Crippen molar-refractivity contribution < 1.29 is 14.3 Å². The van der Waals surface area contributed by atoms with Gasteiger partial charge in [-0.15, -0.1) is 0 Å². The number of hydrogen-bond donors (Lipinski definition) is 2. The zero-order valence-electron chi connectivity index (χ0n) is 17.9. The molecule has 0 saturated heterocycles. The number of carbonyl (C=O) groups is 2. The Labute approximate surface area is 201 Å². The van der Waals surface area contributed by atoms with Gasteiger partial charge in [-0.25, -0.2) is 5.43 Å². The van der Waals surface area contributed by atoms with E-state index in [0.29, 0.717) is 27.6 Å². The molecule has 0 aliphatic carbocycles. The highest BCUT2D eigenvalue weighted by Gasteiger charge is 2.08. The smallest absolute Gasteiger partial charge is 0.271 e. The van der Waals surface area contributed by atoms with E-state index in [1.54, 1.807) is 48.5 Å². The molecule has 0 aliphatic heterocycles. The second-order valence-corrected chi connectivity index (χ2v) is 7.66. The molecule has 4 rings (SSSR count). The summed E-state index contributed by atoms with van der Waals surface area (Å²) in [5.74, 6) is 0.760. The van der Waals surface area contributed by atoms with Gasteiger partial charge in [-0.3, -0.25) is 9.59 Å². The first-order valence-corrected chi connectivity index (χ1v) is 10.8. The summed E-state index contributed by atoms with van der Waals surface area (Å²) in [6, 6.07) is 29.9. The van der Waals surface area contributed by atoms with Gasteiger partial charge in [-0.05, 0) is 78.4 Å². The summed E-state index contributed by atoms with van der Waals surface area (Å²) in [5, 5.41) is 7.36. The number of nitrogens with zero attached hydrogens (tertiary/aromatic N) is 1. The van der Waals surface area contributed by atoms with E-state index in [0.717, 1.165) is 11.3 Å². The molecule has 168 valence electrons. The molecule has 0 aliphatic rings. The Balaban J connectivity index is 1.32. The fourth-order valence-corrected chi connectivity index (χ4v) is 3.15. The molecule has 4 aromatic carbocycles. The highest BCUT2D eigenvalue weighted by Crippen LogP contribution is 2.21. The van der Waals surface area contributed by atoms with Gasteiger partial charge >= 0.3 is 0 Å². The van der Waals surface area contributed by atoms with Crippen LogP contribution in [0.2, 0.25) is 5.02 Å². The van der Waals surface area contributed by atoms with Gasteiger partial charge in [0, 0.05) is 21.8 Å². The lowest BCUT2D eigenvalue weighted by molar-refractivity contribution is 0.0954. The quantitative estimate of drug-likeness (QED) is 0.251. The number of amides is 2. The molecule has 0 spiro atoms. The molecule has 7 heteroatoms. The van der Waals surface area contributed by atoms with Crippen LogP contribution in [-0.4, -0.2) is 18.0 Å². The predicted molar refractivity (Wildman–Crippen MR) is 134 cm³/mol. The Morgan fingerprint density at radius 2 is 1.38 bits per heavy atom. The van der Waals surface area contributed by atoms with Crippen LogP contribution in [0.1, 0.15) is 26.3 Å². The number of carbonyl (C=O) groups excluding carboxylic acids is 2. The van der Waals surface area contributed by atoms with Crippen LogP contribution in [0.25, 0.3) is 0 Å². The van der Waals surface area contributed by atoms with Crippen molar-refractivity contribution in [2.45, 2.75) is 0 Å². The lowest BCUT2D eigenvalue weighted by atomic mass is 10.1. The molecule has 0 radical (unpaired) electrons. The zero-order valence-corrected chi connectivity index (χ0v) is 18.7. The number of rotatable bonds is 7. The van der Waals surface area contributed by atoms with Gasteiger partial charge in [0.1, 0.15) is 11.5 Å². The van der Waals surface area contributed by atoms with Crippen LogP contribution in [0, 0.1) is 0 Å². The molecule has 34 heavy (non-hydrogen) atoms. The van der Waals surface area contributed by atoms with Gasteiger partial charge in [-0.2, -0.15) is 5.10 Å². The number of halogens is 1. The van der Waals surface area contributed by atoms with E-state index in [2.05, 4.69) is 15.8 Å². The molecule has 0 atom stereocenters. The van der Waals surface area contributed by atoms with E-state index >= 15 is 0 Å². The Bertz CT molecular complexity index is 1310. The standard InChI is InChI=1S/C27H20ClN3O3/c28-22-13-9-20(10-14-22)26(32)30-23-15-11-21(12-16-23)27(33)31-29-18-19-5-4-8-25(17-19)34-24-6-2-1-3-7-24/h1-18H,(H,30,32)(H,31,33)/b29-18+. The van der Waals surface area contributed by atoms with Crippen LogP contribution < -0.4 is 15.5 Å². The van der Waals surface area contributed by atoms with Gasteiger partial charge in [-0.1, -0.05) is 41.9 Å². The van der Waals surface area contributed by atoms with Crippen molar-refractivity contribution >= 4 is 35.3 Å². The van der Waals surface area contributed by atoms with Crippen molar-refractivity contribution in [3.63, 3.8) is 0 Å². The predicted octanol–water partition coefficient (Wildman–Crippen LogP) is 6.15. The molecule has 0 bridgehead atoms. The molecular weight excluding hydrogens is 450 g/mol. The maximum Gasteiger partial charge on any atom is 0.271 e. The van der Waals surface area contributed by atoms with Crippen LogP contribution >= 0.6 is 11.6 Å². The van der Waals surface area contributed by atoms with Crippen molar-refractivity contribution in [1.82, 2.24) is 5.43 Å². The number of hydrazone groups is 1. The van der Waals surface area contributed by atoms with Crippen molar-refractivity contribution in [2.24, 2.45) is 5.10 Å². The molecule has 4 aromatic rings. The number of hydrogen-bond acceptors (Lipinski definition) is 4. The van der Waals surface area contributed by atoms with Gasteiger partial charge in [0.15, 0.2) is 0 Å². The molecule has 6 nitrogen and oxygen atoms in total. The topological polar surface area (TPSA) is 79.8 Å². The lowest BCUT2D eigenvalue weighted by Gasteiger charge is -2.07. The fraction of sp³-hybridized carbons (Fsp3) is 0. The highest BCUT2D eigenvalue weighted by atomic mass is 35.5. The normalized spacial score (nSPS) is 10.6. The number of ether oxygens (including phenoxy) is 1. The van der Waals surface area contributed by atoms with Crippen LogP contribution in [0.15, 0.2) is 108 Å². The van der Waals surface area contributed by atoms with Crippen molar-refractivity contribution in [3.05, 3.63) is 125 Å². The molecule has 0 fully saturated rings. The van der Waals surface area contributed by atoms with E-state index in [4.69, 9.17) is 16.3 Å². The molecule has 0 aromatic heterocycles. The first kappa shape index (κ1) is 22.8. The molecule has 0 heterocycles. The van der Waals surface area contributed by atoms with Crippen molar-refractivity contribution in [2.75, 3.05) is 5.32 Å². The van der Waals surface area contributed by atoms with E-state index in [-0.39, 0.29) is 11.8 Å². The fourth-order valence-electron chi connectivity index (χ4n) is 3.02. The summed E-state index contributed by atoms with van der Waals surface area (Å²) < 4.78 is 5.80. The second kappa shape index (κ2) is 10.9. The molecule has 2 N–H and O–H groups in total. The van der Waals surface area contributed by atoms with E-state index in [1.807, 2.05) is 54.6 Å². The van der Waals surface area contributed by atoms with E-state index in [1.165, 1.54) is 6.21 Å². The minimum Gasteiger partial charge on any atom is -0.457 e. The summed E-state index contributed by atoms with van der Waals surface area (Å²) in [6.07, 6.45) is 1.54. The van der Waals surface area contributed by atoms with Crippen LogP contribution in [-0.2, 0) is 0 Å². The first-order valence-electron chi connectivity index (χ1n) is 10.4. The van der Waals surface area contributed by atoms with Crippen LogP contribution in [0.5, 0.6) is 11.5 Å². The maximum absolute atomic E-state index is 12.4. The van der Waals surface area contributed by atoms with Gasteiger partial charge in [0.05, 0.1) is 6.21 Å². The average molecular weight is 470 g/mol. The van der Waals surface area contributed by atoms with Crippen molar-refractivity contribution in [3.8, 4) is 11.5 Å². The average Bonchev–Trinajstić information content (AvgIpc) is 2.86. The van der Waals surface area contributed by atoms with Gasteiger partial charge < -0.3 is 10.1 Å². The molecule has 0 saturated carbocycles. The Kier molecular flexibility index (Phi) is 7.32. The summed E-state index contributed by atoms with van der Waals surface area (Å²) in [5.41, 5.74) is 4.73. The zero-order chi connectivity index (χ0) is 23.8. The molecule has 0 unspecified atom stereocenters. The minimum absolute atomic E-state index is 0.267. The van der Waals surface area contributed by atoms with Crippen LogP contribution in [0.3, 0.4) is 0 Å². The summed E-state index contributed by atoms with van der Waals surface area (Å²) in [7, 11) is 0. The lowest BCUT2D eigenvalue weighted by Crippen LogP contribution is -2.17. The summed E-state index contributed by atoms with van der Waals surface area (Å²) >= 11 is 5.85. The van der Waals surface area contributed by atoms with E-state index < -0.39 is 0 Å². The summed E-state index contributed by atoms with van der Waals surface area (Å²) in [6.45, 7) is 0. The third-order valence-corrected chi connectivity index (χ3v) is 4.98. The SMILES string of the molecule is O=C(N/N=C/c1cccc(Oc2ccccc2)c1)c1ccc(NC(=O)c2ccc(Cl)cc2)cc1. The van der Waals surface area contributed by atoms with Crippen LogP contribution in [0.4, 0.5) is 5.69 Å². The minimum atomic E-state index is -0.372. The molecular formula is C27H20ClN3O3. The Morgan fingerprint density at radius 3 is 2.12 bits per heavy atom. The first-order chi connectivity index (χ1) is 16.6. The Hall–Kier alpha value is -4.42. The monoisotopic (exact) mass is 469 g/mol. The summed E-state index contributed by atoms with van der Waals surface area (Å²) in [4.78, 5) is 24.7. The number of anilines is 1. The molecule has 2 amide bonds. The number of para-hydroxylation sites is 1. The second-order valence-electron chi connectivity index (χ2n) is 7.23. The largest absolute Gasteiger partial charge is 0.457 e. The number of nitrogens with one attached hydrogen (secondary N) is 2. The van der Waals surface area contributed by atoms with E-state index in [9.17, 15) is 9.59 Å². The van der Waals surface area contributed by atoms with Crippen molar-refractivity contribution in [1.29, 1.82) is 0 Å². The van der Waals surface area contributed by atoms with Gasteiger partial charge in [0.25, 0.3) is 11.8 Å². The highest BCUT2D eigenvalue weighted by molar-refractivity contribution is 6.30. The number of benzene rings is 4. The third-order valence-electron chi connectivity index (χ3n) is 4.73. The van der Waals surface area contributed by atoms with Gasteiger partial charge in [0.2, 0.25) is 0 Å². The third kappa shape index (κ3) is 6.31. The maximum atomic E-state index is 12.4. The Morgan fingerprint density at radius 1 is 0.735 bits per heavy atom.